The van der Waals surface area contributed by atoms with Crippen molar-refractivity contribution >= 4 is 11.7 Å². The molecule has 1 heterocycles. The van der Waals surface area contributed by atoms with Gasteiger partial charge in [0.1, 0.15) is 0 Å². The maximum atomic E-state index is 12.2. The van der Waals surface area contributed by atoms with E-state index in [9.17, 15) is 9.59 Å². The number of ketones is 1. The summed E-state index contributed by atoms with van der Waals surface area (Å²) < 4.78 is 0. The van der Waals surface area contributed by atoms with E-state index in [1.54, 1.807) is 0 Å². The van der Waals surface area contributed by atoms with Gasteiger partial charge >= 0.3 is 0 Å². The Labute approximate surface area is 108 Å². The topological polar surface area (TPSA) is 37.4 Å². The van der Waals surface area contributed by atoms with Crippen molar-refractivity contribution in [2.45, 2.75) is 26.2 Å². The van der Waals surface area contributed by atoms with Crippen LogP contribution in [0, 0.1) is 5.92 Å². The fraction of sp³-hybridized carbons (Fsp3) is 0.467. The molecule has 1 aromatic rings. The fourth-order valence-corrected chi connectivity index (χ4v) is 2.45. The van der Waals surface area contributed by atoms with Crippen LogP contribution in [-0.2, 0) is 4.79 Å². The number of hydrogen-bond acceptors (Lipinski definition) is 2. The monoisotopic (exact) mass is 245 g/mol. The van der Waals surface area contributed by atoms with Gasteiger partial charge in [-0.05, 0) is 12.8 Å². The summed E-state index contributed by atoms with van der Waals surface area (Å²) >= 11 is 0. The first-order chi connectivity index (χ1) is 8.72. The molecule has 0 saturated carbocycles. The highest BCUT2D eigenvalue weighted by molar-refractivity contribution is 5.97. The molecule has 0 aliphatic carbocycles. The maximum Gasteiger partial charge on any atom is 0.222 e. The molecule has 0 N–H and O–H groups in total. The first-order valence-corrected chi connectivity index (χ1v) is 6.59. The van der Waals surface area contributed by atoms with E-state index in [0.29, 0.717) is 6.42 Å². The summed E-state index contributed by atoms with van der Waals surface area (Å²) in [6.45, 7) is 3.31. The molecule has 1 amide bonds. The van der Waals surface area contributed by atoms with E-state index in [1.165, 1.54) is 0 Å². The molecule has 18 heavy (non-hydrogen) atoms. The smallest absolute Gasteiger partial charge is 0.222 e. The first-order valence-electron chi connectivity index (χ1n) is 6.59. The third-order valence-corrected chi connectivity index (χ3v) is 3.58. The lowest BCUT2D eigenvalue weighted by molar-refractivity contribution is -0.132. The summed E-state index contributed by atoms with van der Waals surface area (Å²) in [7, 11) is 0. The van der Waals surface area contributed by atoms with Crippen LogP contribution in [0.5, 0.6) is 0 Å². The number of amides is 1. The van der Waals surface area contributed by atoms with Crippen molar-refractivity contribution in [3.8, 4) is 0 Å². The highest BCUT2D eigenvalue weighted by Gasteiger charge is 2.27. The SMILES string of the molecule is CCC(=O)N1CCC(C(=O)c2ccccc2)CC1. The molecule has 0 atom stereocenters. The Morgan fingerprint density at radius 2 is 1.78 bits per heavy atom. The zero-order valence-electron chi connectivity index (χ0n) is 10.8. The van der Waals surface area contributed by atoms with Crippen molar-refractivity contribution < 1.29 is 9.59 Å². The van der Waals surface area contributed by atoms with E-state index in [1.807, 2.05) is 42.2 Å². The normalized spacial score (nSPS) is 16.6. The molecule has 1 fully saturated rings. The van der Waals surface area contributed by atoms with E-state index >= 15 is 0 Å². The maximum absolute atomic E-state index is 12.2. The Morgan fingerprint density at radius 1 is 1.17 bits per heavy atom. The molecule has 1 aromatic carbocycles. The highest BCUT2D eigenvalue weighted by Crippen LogP contribution is 2.22. The summed E-state index contributed by atoms with van der Waals surface area (Å²) in [6.07, 6.45) is 2.14. The Morgan fingerprint density at radius 3 is 2.33 bits per heavy atom. The third kappa shape index (κ3) is 2.78. The lowest BCUT2D eigenvalue weighted by Gasteiger charge is -2.31. The number of carbonyl (C=O) groups excluding carboxylic acids is 2. The largest absolute Gasteiger partial charge is 0.343 e. The van der Waals surface area contributed by atoms with Gasteiger partial charge in [-0.25, -0.2) is 0 Å². The second-order valence-corrected chi connectivity index (χ2v) is 4.74. The average molecular weight is 245 g/mol. The standard InChI is InChI=1S/C15H19NO2/c1-2-14(17)16-10-8-13(9-11-16)15(18)12-6-4-3-5-7-12/h3-7,13H,2,8-11H2,1H3. The van der Waals surface area contributed by atoms with Crippen molar-refractivity contribution in [3.05, 3.63) is 35.9 Å². The minimum absolute atomic E-state index is 0.0771. The van der Waals surface area contributed by atoms with Crippen molar-refractivity contribution in [1.82, 2.24) is 4.90 Å². The number of nitrogens with zero attached hydrogens (tertiary/aromatic N) is 1. The van der Waals surface area contributed by atoms with Crippen molar-refractivity contribution in [1.29, 1.82) is 0 Å². The van der Waals surface area contributed by atoms with E-state index in [-0.39, 0.29) is 17.6 Å². The molecule has 3 nitrogen and oxygen atoms in total. The van der Waals surface area contributed by atoms with Crippen LogP contribution in [-0.4, -0.2) is 29.7 Å². The van der Waals surface area contributed by atoms with E-state index in [0.717, 1.165) is 31.5 Å². The number of benzene rings is 1. The van der Waals surface area contributed by atoms with Gasteiger partial charge < -0.3 is 4.90 Å². The summed E-state index contributed by atoms with van der Waals surface area (Å²) in [5.74, 6) is 0.494. The van der Waals surface area contributed by atoms with Gasteiger partial charge in [0, 0.05) is 31.0 Å². The zero-order chi connectivity index (χ0) is 13.0. The second kappa shape index (κ2) is 5.80. The van der Waals surface area contributed by atoms with Crippen LogP contribution in [0.2, 0.25) is 0 Å². The fourth-order valence-electron chi connectivity index (χ4n) is 2.45. The molecule has 0 unspecified atom stereocenters. The van der Waals surface area contributed by atoms with Crippen LogP contribution in [0.25, 0.3) is 0 Å². The zero-order valence-corrected chi connectivity index (χ0v) is 10.8. The molecular weight excluding hydrogens is 226 g/mol. The molecule has 2 rings (SSSR count). The van der Waals surface area contributed by atoms with Gasteiger partial charge in [-0.3, -0.25) is 9.59 Å². The minimum Gasteiger partial charge on any atom is -0.343 e. The van der Waals surface area contributed by atoms with Crippen molar-refractivity contribution in [2.24, 2.45) is 5.92 Å². The second-order valence-electron chi connectivity index (χ2n) is 4.74. The molecule has 0 bridgehead atoms. The number of likely N-dealkylation sites (tertiary alicyclic amines) is 1. The van der Waals surface area contributed by atoms with E-state index < -0.39 is 0 Å². The lowest BCUT2D eigenvalue weighted by atomic mass is 9.89. The number of carbonyl (C=O) groups is 2. The van der Waals surface area contributed by atoms with Crippen LogP contribution in [0.4, 0.5) is 0 Å². The van der Waals surface area contributed by atoms with Crippen LogP contribution in [0.15, 0.2) is 30.3 Å². The molecule has 0 radical (unpaired) electrons. The van der Waals surface area contributed by atoms with E-state index in [2.05, 4.69) is 0 Å². The quantitative estimate of drug-likeness (QED) is 0.767. The first kappa shape index (κ1) is 12.8. The number of hydrogen-bond donors (Lipinski definition) is 0. The molecule has 1 aliphatic rings. The predicted octanol–water partition coefficient (Wildman–Crippen LogP) is 2.52. The van der Waals surface area contributed by atoms with Crippen molar-refractivity contribution in [2.75, 3.05) is 13.1 Å². The van der Waals surface area contributed by atoms with E-state index in [4.69, 9.17) is 0 Å². The molecular formula is C15H19NO2. The molecule has 1 saturated heterocycles. The van der Waals surface area contributed by atoms with Crippen LogP contribution < -0.4 is 0 Å². The van der Waals surface area contributed by atoms with Gasteiger partial charge in [-0.1, -0.05) is 37.3 Å². The van der Waals surface area contributed by atoms with Gasteiger partial charge in [0.15, 0.2) is 5.78 Å². The van der Waals surface area contributed by atoms with Gasteiger partial charge in [0.05, 0.1) is 0 Å². The lowest BCUT2D eigenvalue weighted by Crippen LogP contribution is -2.39. The molecule has 3 heteroatoms. The van der Waals surface area contributed by atoms with Gasteiger partial charge in [0.25, 0.3) is 0 Å². The van der Waals surface area contributed by atoms with Gasteiger partial charge in [-0.15, -0.1) is 0 Å². The number of Topliss-reactive ketones (excluding diaryl/α,β-unsaturated/α-hetero) is 1. The Balaban J connectivity index is 1.94. The molecule has 0 aromatic heterocycles. The summed E-state index contributed by atoms with van der Waals surface area (Å²) in [6, 6.07) is 9.43. The van der Waals surface area contributed by atoms with Crippen LogP contribution in [0.3, 0.4) is 0 Å². The summed E-state index contributed by atoms with van der Waals surface area (Å²) in [4.78, 5) is 25.7. The third-order valence-electron chi connectivity index (χ3n) is 3.58. The number of piperidine rings is 1. The Hall–Kier alpha value is -1.64. The van der Waals surface area contributed by atoms with Crippen molar-refractivity contribution in [3.63, 3.8) is 0 Å². The number of rotatable bonds is 3. The van der Waals surface area contributed by atoms with Crippen LogP contribution >= 0.6 is 0 Å². The molecule has 1 aliphatic heterocycles. The van der Waals surface area contributed by atoms with Gasteiger partial charge in [0.2, 0.25) is 5.91 Å². The molecule has 96 valence electrons. The Bertz CT molecular complexity index is 419. The summed E-state index contributed by atoms with van der Waals surface area (Å²) in [5, 5.41) is 0. The predicted molar refractivity (Wildman–Crippen MR) is 70.4 cm³/mol. The highest BCUT2D eigenvalue weighted by atomic mass is 16.2. The Kier molecular flexibility index (Phi) is 4.13. The average Bonchev–Trinajstić information content (AvgIpc) is 2.47. The minimum atomic E-state index is 0.0771. The summed E-state index contributed by atoms with van der Waals surface area (Å²) in [5.41, 5.74) is 0.790. The van der Waals surface area contributed by atoms with Gasteiger partial charge in [-0.2, -0.15) is 0 Å². The van der Waals surface area contributed by atoms with Crippen LogP contribution in [0.1, 0.15) is 36.5 Å². The molecule has 0 spiro atoms.